The van der Waals surface area contributed by atoms with E-state index < -0.39 is 0 Å². The van der Waals surface area contributed by atoms with Gasteiger partial charge in [0.1, 0.15) is 5.65 Å². The van der Waals surface area contributed by atoms with Crippen molar-refractivity contribution in [2.75, 3.05) is 6.61 Å². The molecule has 0 aliphatic heterocycles. The number of aromatic nitrogens is 2. The minimum atomic E-state index is -0.235. The largest absolute Gasteiger partial charge is 0.466 e. The van der Waals surface area contributed by atoms with Gasteiger partial charge in [0, 0.05) is 11.8 Å². The van der Waals surface area contributed by atoms with E-state index in [9.17, 15) is 4.79 Å². The lowest BCUT2D eigenvalue weighted by Crippen LogP contribution is -2.10. The Morgan fingerprint density at radius 3 is 2.68 bits per heavy atom. The molecule has 3 rings (SSSR count). The lowest BCUT2D eigenvalue weighted by molar-refractivity contribution is -0.142. The van der Waals surface area contributed by atoms with Crippen molar-refractivity contribution in [2.45, 2.75) is 20.3 Å². The lowest BCUT2D eigenvalue weighted by atomic mass is 10.1. The van der Waals surface area contributed by atoms with Crippen molar-refractivity contribution >= 4 is 11.6 Å². The number of carbonyl (C=O) groups excluding carboxylic acids is 1. The van der Waals surface area contributed by atoms with Gasteiger partial charge in [0.05, 0.1) is 24.4 Å². The molecule has 0 aliphatic rings. The Bertz CT molecular complexity index is 804. The zero-order valence-electron chi connectivity index (χ0n) is 12.7. The first-order valence-corrected chi connectivity index (χ1v) is 7.37. The number of fused-ring (bicyclic) bond motifs is 1. The quantitative estimate of drug-likeness (QED) is 0.693. The highest BCUT2D eigenvalue weighted by atomic mass is 16.5. The Labute approximate surface area is 129 Å². The summed E-state index contributed by atoms with van der Waals surface area (Å²) in [7, 11) is 0. The summed E-state index contributed by atoms with van der Waals surface area (Å²) in [5, 5.41) is 0. The molecule has 0 aliphatic carbocycles. The van der Waals surface area contributed by atoms with E-state index in [4.69, 9.17) is 4.74 Å². The number of benzene rings is 1. The zero-order chi connectivity index (χ0) is 15.5. The Kier molecular flexibility index (Phi) is 3.92. The molecule has 0 spiro atoms. The van der Waals surface area contributed by atoms with Gasteiger partial charge in [0.2, 0.25) is 0 Å². The van der Waals surface area contributed by atoms with Crippen LogP contribution in [0.15, 0.2) is 48.7 Å². The summed E-state index contributed by atoms with van der Waals surface area (Å²) in [5.41, 5.74) is 4.72. The highest BCUT2D eigenvalue weighted by molar-refractivity contribution is 5.77. The van der Waals surface area contributed by atoms with Gasteiger partial charge in [-0.05, 0) is 26.0 Å². The van der Waals surface area contributed by atoms with Crippen molar-refractivity contribution in [3.8, 4) is 11.3 Å². The molecule has 22 heavy (non-hydrogen) atoms. The fraction of sp³-hybridized carbons (Fsp3) is 0.222. The van der Waals surface area contributed by atoms with E-state index in [-0.39, 0.29) is 12.4 Å². The fourth-order valence-electron chi connectivity index (χ4n) is 2.51. The molecule has 0 fully saturated rings. The van der Waals surface area contributed by atoms with Gasteiger partial charge in [0.25, 0.3) is 0 Å². The number of pyridine rings is 1. The summed E-state index contributed by atoms with van der Waals surface area (Å²) >= 11 is 0. The van der Waals surface area contributed by atoms with Crippen molar-refractivity contribution in [1.82, 2.24) is 9.38 Å². The van der Waals surface area contributed by atoms with Crippen LogP contribution in [0, 0.1) is 6.92 Å². The van der Waals surface area contributed by atoms with Gasteiger partial charge in [0.15, 0.2) is 0 Å². The number of hydrogen-bond acceptors (Lipinski definition) is 3. The lowest BCUT2D eigenvalue weighted by Gasteiger charge is -2.05. The second kappa shape index (κ2) is 6.02. The van der Waals surface area contributed by atoms with E-state index in [2.05, 4.69) is 4.98 Å². The van der Waals surface area contributed by atoms with Crippen molar-refractivity contribution in [3.63, 3.8) is 0 Å². The number of rotatable bonds is 4. The average molecular weight is 294 g/mol. The molecule has 4 heteroatoms. The molecule has 0 N–H and O–H groups in total. The normalized spacial score (nSPS) is 10.8. The molecule has 0 saturated carbocycles. The molecule has 3 aromatic rings. The van der Waals surface area contributed by atoms with Gasteiger partial charge in [-0.3, -0.25) is 4.79 Å². The monoisotopic (exact) mass is 294 g/mol. The van der Waals surface area contributed by atoms with Crippen LogP contribution in [0.3, 0.4) is 0 Å². The first-order chi connectivity index (χ1) is 10.7. The van der Waals surface area contributed by atoms with Crippen molar-refractivity contribution in [3.05, 3.63) is 59.9 Å². The van der Waals surface area contributed by atoms with E-state index in [1.54, 1.807) is 0 Å². The van der Waals surface area contributed by atoms with E-state index in [0.717, 1.165) is 22.6 Å². The number of nitrogens with zero attached hydrogens (tertiary/aromatic N) is 2. The third-order valence-corrected chi connectivity index (χ3v) is 3.57. The van der Waals surface area contributed by atoms with Crippen LogP contribution in [-0.4, -0.2) is 22.0 Å². The minimum Gasteiger partial charge on any atom is -0.466 e. The second-order valence-corrected chi connectivity index (χ2v) is 5.18. The summed E-state index contributed by atoms with van der Waals surface area (Å²) in [6.07, 6.45) is 2.14. The van der Waals surface area contributed by atoms with Gasteiger partial charge in [-0.25, -0.2) is 4.98 Å². The number of imidazole rings is 1. The summed E-state index contributed by atoms with van der Waals surface area (Å²) in [6, 6.07) is 14.0. The molecule has 0 saturated heterocycles. The van der Waals surface area contributed by atoms with Crippen LogP contribution in [0.2, 0.25) is 0 Å². The Morgan fingerprint density at radius 1 is 1.18 bits per heavy atom. The molecule has 1 aromatic carbocycles. The molecule has 2 aromatic heterocycles. The average Bonchev–Trinajstić information content (AvgIpc) is 2.87. The highest BCUT2D eigenvalue weighted by Gasteiger charge is 2.17. The van der Waals surface area contributed by atoms with Crippen LogP contribution in [0.1, 0.15) is 18.2 Å². The second-order valence-electron chi connectivity index (χ2n) is 5.18. The molecular formula is C18H18N2O2. The zero-order valence-corrected chi connectivity index (χ0v) is 12.7. The van der Waals surface area contributed by atoms with Crippen LogP contribution in [0.25, 0.3) is 16.9 Å². The van der Waals surface area contributed by atoms with Crippen LogP contribution in [0.5, 0.6) is 0 Å². The van der Waals surface area contributed by atoms with Crippen LogP contribution in [-0.2, 0) is 16.0 Å². The first-order valence-electron chi connectivity index (χ1n) is 7.37. The minimum absolute atomic E-state index is 0.211. The maximum Gasteiger partial charge on any atom is 0.311 e. The maximum absolute atomic E-state index is 11.9. The van der Waals surface area contributed by atoms with Gasteiger partial charge < -0.3 is 9.14 Å². The van der Waals surface area contributed by atoms with Crippen molar-refractivity contribution in [1.29, 1.82) is 0 Å². The molecule has 0 bridgehead atoms. The SMILES string of the molecule is CCOC(=O)Cc1c(-c2ccc(C)cc2)nc2ccccn12. The highest BCUT2D eigenvalue weighted by Crippen LogP contribution is 2.25. The third kappa shape index (κ3) is 2.72. The summed E-state index contributed by atoms with van der Waals surface area (Å²) in [5.74, 6) is -0.235. The molecule has 4 nitrogen and oxygen atoms in total. The Balaban J connectivity index is 2.11. The molecule has 0 radical (unpaired) electrons. The van der Waals surface area contributed by atoms with Gasteiger partial charge in [-0.15, -0.1) is 0 Å². The third-order valence-electron chi connectivity index (χ3n) is 3.57. The van der Waals surface area contributed by atoms with E-state index in [0.29, 0.717) is 6.61 Å². The molecular weight excluding hydrogens is 276 g/mol. The topological polar surface area (TPSA) is 43.6 Å². The molecule has 0 unspecified atom stereocenters. The van der Waals surface area contributed by atoms with Gasteiger partial charge in [-0.1, -0.05) is 35.9 Å². The van der Waals surface area contributed by atoms with Crippen LogP contribution in [0.4, 0.5) is 0 Å². The van der Waals surface area contributed by atoms with E-state index in [1.165, 1.54) is 5.56 Å². The number of aryl methyl sites for hydroxylation is 1. The predicted octanol–water partition coefficient (Wildman–Crippen LogP) is 3.42. The number of hydrogen-bond donors (Lipinski definition) is 0. The van der Waals surface area contributed by atoms with Gasteiger partial charge in [-0.2, -0.15) is 0 Å². The Morgan fingerprint density at radius 2 is 1.95 bits per heavy atom. The molecule has 2 heterocycles. The van der Waals surface area contributed by atoms with Crippen molar-refractivity contribution < 1.29 is 9.53 Å². The fourth-order valence-corrected chi connectivity index (χ4v) is 2.51. The standard InChI is InChI=1S/C18H18N2O2/c1-3-22-17(21)12-15-18(14-9-7-13(2)8-10-14)19-16-6-4-5-11-20(15)16/h4-11H,3,12H2,1-2H3. The van der Waals surface area contributed by atoms with Crippen LogP contribution < -0.4 is 0 Å². The molecule has 0 atom stereocenters. The number of carbonyl (C=O) groups is 1. The molecule has 112 valence electrons. The Hall–Kier alpha value is -2.62. The molecule has 0 amide bonds. The van der Waals surface area contributed by atoms with Gasteiger partial charge >= 0.3 is 5.97 Å². The predicted molar refractivity (Wildman–Crippen MR) is 85.7 cm³/mol. The van der Waals surface area contributed by atoms with Crippen LogP contribution >= 0.6 is 0 Å². The summed E-state index contributed by atoms with van der Waals surface area (Å²) in [6.45, 7) is 4.25. The summed E-state index contributed by atoms with van der Waals surface area (Å²) in [4.78, 5) is 16.6. The number of ether oxygens (including phenoxy) is 1. The number of esters is 1. The van der Waals surface area contributed by atoms with E-state index in [1.807, 2.05) is 66.9 Å². The smallest absolute Gasteiger partial charge is 0.311 e. The first kappa shape index (κ1) is 14.3. The van der Waals surface area contributed by atoms with E-state index >= 15 is 0 Å². The maximum atomic E-state index is 11.9. The summed E-state index contributed by atoms with van der Waals surface area (Å²) < 4.78 is 7.04. The van der Waals surface area contributed by atoms with Crippen molar-refractivity contribution in [2.24, 2.45) is 0 Å².